The van der Waals surface area contributed by atoms with Crippen LogP contribution < -0.4 is 14.8 Å². The van der Waals surface area contributed by atoms with Gasteiger partial charge in [-0.2, -0.15) is 0 Å². The first-order chi connectivity index (χ1) is 10.2. The van der Waals surface area contributed by atoms with Crippen LogP contribution in [0.25, 0.3) is 11.1 Å². The van der Waals surface area contributed by atoms with E-state index in [1.54, 1.807) is 32.4 Å². The molecule has 0 aliphatic rings. The van der Waals surface area contributed by atoms with E-state index in [0.717, 1.165) is 12.1 Å². The van der Waals surface area contributed by atoms with Gasteiger partial charge in [0.15, 0.2) is 0 Å². The molecule has 0 atom stereocenters. The number of nitrogens with one attached hydrogen (secondary N) is 1. The Balaban J connectivity index is 2.55. The molecule has 0 saturated heterocycles. The molecule has 0 bridgehead atoms. The minimum atomic E-state index is -0.293. The van der Waals surface area contributed by atoms with Crippen molar-refractivity contribution in [3.63, 3.8) is 0 Å². The largest absolute Gasteiger partial charge is 0.496 e. The molecule has 0 heterocycles. The molecule has 0 unspecified atom stereocenters. The molecule has 0 saturated carbocycles. The highest BCUT2D eigenvalue weighted by Gasteiger charge is 2.16. The van der Waals surface area contributed by atoms with Gasteiger partial charge in [0.25, 0.3) is 0 Å². The number of ether oxygens (including phenoxy) is 2. The molecule has 112 valence electrons. The van der Waals surface area contributed by atoms with Gasteiger partial charge in [0.2, 0.25) is 0 Å². The maximum atomic E-state index is 14.3. The van der Waals surface area contributed by atoms with E-state index >= 15 is 0 Å². The predicted octanol–water partition coefficient (Wildman–Crippen LogP) is 3.62. The van der Waals surface area contributed by atoms with Crippen LogP contribution in [0.5, 0.6) is 11.5 Å². The molecule has 0 fully saturated rings. The molecule has 0 aliphatic heterocycles. The number of rotatable bonds is 6. The van der Waals surface area contributed by atoms with E-state index in [2.05, 4.69) is 5.32 Å². The minimum Gasteiger partial charge on any atom is -0.496 e. The fourth-order valence-electron chi connectivity index (χ4n) is 2.26. The first-order valence-electron chi connectivity index (χ1n) is 6.91. The Morgan fingerprint density at radius 1 is 1.05 bits per heavy atom. The molecule has 2 aromatic rings. The van der Waals surface area contributed by atoms with Crippen molar-refractivity contribution in [3.05, 3.63) is 47.8 Å². The molecule has 0 radical (unpaired) electrons. The lowest BCUT2D eigenvalue weighted by atomic mass is 10.00. The van der Waals surface area contributed by atoms with Crippen molar-refractivity contribution in [1.29, 1.82) is 0 Å². The summed E-state index contributed by atoms with van der Waals surface area (Å²) >= 11 is 0. The van der Waals surface area contributed by atoms with Crippen molar-refractivity contribution >= 4 is 0 Å². The summed E-state index contributed by atoms with van der Waals surface area (Å²) in [5, 5.41) is 3.23. The summed E-state index contributed by atoms with van der Waals surface area (Å²) in [7, 11) is 3.14. The Morgan fingerprint density at radius 2 is 1.71 bits per heavy atom. The molecule has 0 aromatic heterocycles. The van der Waals surface area contributed by atoms with Crippen molar-refractivity contribution in [3.8, 4) is 22.6 Å². The summed E-state index contributed by atoms with van der Waals surface area (Å²) < 4.78 is 25.0. The number of halogens is 1. The topological polar surface area (TPSA) is 30.5 Å². The monoisotopic (exact) mass is 289 g/mol. The fourth-order valence-corrected chi connectivity index (χ4v) is 2.26. The highest BCUT2D eigenvalue weighted by atomic mass is 19.1. The quantitative estimate of drug-likeness (QED) is 0.881. The van der Waals surface area contributed by atoms with Crippen LogP contribution in [0.3, 0.4) is 0 Å². The zero-order chi connectivity index (χ0) is 15.2. The van der Waals surface area contributed by atoms with E-state index in [1.165, 1.54) is 6.07 Å². The van der Waals surface area contributed by atoms with E-state index in [-0.39, 0.29) is 5.82 Å². The first kappa shape index (κ1) is 15.3. The van der Waals surface area contributed by atoms with E-state index in [0.29, 0.717) is 29.2 Å². The first-order valence-corrected chi connectivity index (χ1v) is 6.91. The SMILES string of the molecule is CCNCc1ccc(F)c(-c2c(OC)cccc2OC)c1. The van der Waals surface area contributed by atoms with Crippen LogP contribution in [0.1, 0.15) is 12.5 Å². The van der Waals surface area contributed by atoms with Crippen LogP contribution >= 0.6 is 0 Å². The van der Waals surface area contributed by atoms with Crippen LogP contribution in [-0.2, 0) is 6.54 Å². The second kappa shape index (κ2) is 7.09. The Labute approximate surface area is 124 Å². The van der Waals surface area contributed by atoms with Gasteiger partial charge in [0.1, 0.15) is 17.3 Å². The van der Waals surface area contributed by atoms with Gasteiger partial charge in [-0.25, -0.2) is 4.39 Å². The van der Waals surface area contributed by atoms with Crippen molar-refractivity contribution in [2.75, 3.05) is 20.8 Å². The van der Waals surface area contributed by atoms with Gasteiger partial charge >= 0.3 is 0 Å². The minimum absolute atomic E-state index is 0.293. The normalized spacial score (nSPS) is 10.5. The maximum absolute atomic E-state index is 14.3. The van der Waals surface area contributed by atoms with Crippen LogP contribution in [0.4, 0.5) is 4.39 Å². The third-order valence-electron chi connectivity index (χ3n) is 3.31. The smallest absolute Gasteiger partial charge is 0.131 e. The van der Waals surface area contributed by atoms with Gasteiger partial charge in [-0.15, -0.1) is 0 Å². The summed E-state index contributed by atoms with van der Waals surface area (Å²) in [6, 6.07) is 10.5. The number of methoxy groups -OCH3 is 2. The lowest BCUT2D eigenvalue weighted by Gasteiger charge is -2.15. The zero-order valence-electron chi connectivity index (χ0n) is 12.6. The lowest BCUT2D eigenvalue weighted by molar-refractivity contribution is 0.397. The zero-order valence-corrected chi connectivity index (χ0v) is 12.6. The summed E-state index contributed by atoms with van der Waals surface area (Å²) in [5.74, 6) is 0.890. The van der Waals surface area contributed by atoms with Gasteiger partial charge in [-0.3, -0.25) is 0 Å². The van der Waals surface area contributed by atoms with E-state index in [9.17, 15) is 4.39 Å². The molecule has 0 aliphatic carbocycles. The standard InChI is InChI=1S/C17H20FNO2/c1-4-19-11-12-8-9-14(18)13(10-12)17-15(20-2)6-5-7-16(17)21-3/h5-10,19H,4,11H2,1-3H3. The van der Waals surface area contributed by atoms with Gasteiger partial charge in [-0.1, -0.05) is 19.1 Å². The number of hydrogen-bond acceptors (Lipinski definition) is 3. The summed E-state index contributed by atoms with van der Waals surface area (Å²) in [5.41, 5.74) is 2.14. The van der Waals surface area contributed by atoms with Crippen LogP contribution in [-0.4, -0.2) is 20.8 Å². The molecular formula is C17H20FNO2. The van der Waals surface area contributed by atoms with E-state index in [1.807, 2.05) is 19.1 Å². The highest BCUT2D eigenvalue weighted by molar-refractivity contribution is 5.77. The average Bonchev–Trinajstić information content (AvgIpc) is 2.53. The lowest BCUT2D eigenvalue weighted by Crippen LogP contribution is -2.11. The number of benzene rings is 2. The molecule has 3 nitrogen and oxygen atoms in total. The molecular weight excluding hydrogens is 269 g/mol. The Hall–Kier alpha value is -2.07. The Bertz CT molecular complexity index is 591. The molecule has 2 aromatic carbocycles. The van der Waals surface area contributed by atoms with Gasteiger partial charge in [-0.05, 0) is 36.4 Å². The van der Waals surface area contributed by atoms with Crippen molar-refractivity contribution in [2.45, 2.75) is 13.5 Å². The molecule has 21 heavy (non-hydrogen) atoms. The predicted molar refractivity (Wildman–Crippen MR) is 82.3 cm³/mol. The van der Waals surface area contributed by atoms with Gasteiger partial charge in [0, 0.05) is 12.1 Å². The fraction of sp³-hybridized carbons (Fsp3) is 0.294. The van der Waals surface area contributed by atoms with Crippen molar-refractivity contribution in [1.82, 2.24) is 5.32 Å². The number of hydrogen-bond donors (Lipinski definition) is 1. The average molecular weight is 289 g/mol. The summed E-state index contributed by atoms with van der Waals surface area (Å²) in [4.78, 5) is 0. The van der Waals surface area contributed by atoms with Gasteiger partial charge in [0.05, 0.1) is 19.8 Å². The Kier molecular flexibility index (Phi) is 5.17. The molecule has 4 heteroatoms. The van der Waals surface area contributed by atoms with Crippen LogP contribution in [0.15, 0.2) is 36.4 Å². The maximum Gasteiger partial charge on any atom is 0.131 e. The van der Waals surface area contributed by atoms with Crippen LogP contribution in [0, 0.1) is 5.82 Å². The highest BCUT2D eigenvalue weighted by Crippen LogP contribution is 2.39. The summed E-state index contributed by atoms with van der Waals surface area (Å²) in [6.07, 6.45) is 0. The second-order valence-electron chi connectivity index (χ2n) is 4.63. The van der Waals surface area contributed by atoms with Gasteiger partial charge < -0.3 is 14.8 Å². The summed E-state index contributed by atoms with van der Waals surface area (Å²) in [6.45, 7) is 3.60. The second-order valence-corrected chi connectivity index (χ2v) is 4.63. The van der Waals surface area contributed by atoms with Crippen molar-refractivity contribution < 1.29 is 13.9 Å². The molecule has 1 N–H and O–H groups in total. The molecule has 2 rings (SSSR count). The third kappa shape index (κ3) is 3.34. The molecule has 0 spiro atoms. The molecule has 0 amide bonds. The third-order valence-corrected chi connectivity index (χ3v) is 3.31. The Morgan fingerprint density at radius 3 is 2.29 bits per heavy atom. The van der Waals surface area contributed by atoms with E-state index < -0.39 is 0 Å². The van der Waals surface area contributed by atoms with Crippen LogP contribution in [0.2, 0.25) is 0 Å². The van der Waals surface area contributed by atoms with Crippen molar-refractivity contribution in [2.24, 2.45) is 0 Å². The van der Waals surface area contributed by atoms with E-state index in [4.69, 9.17) is 9.47 Å².